The molecule has 82 valence electrons. The maximum Gasteiger partial charge on any atom is 0.243 e. The zero-order valence-corrected chi connectivity index (χ0v) is 9.05. The molecule has 0 heterocycles. The fourth-order valence-electron chi connectivity index (χ4n) is 0.961. The minimum Gasteiger partial charge on any atom is -0.381 e. The van der Waals surface area contributed by atoms with E-state index >= 15 is 0 Å². The highest BCUT2D eigenvalue weighted by molar-refractivity contribution is 5.86. The van der Waals surface area contributed by atoms with Crippen molar-refractivity contribution in [1.29, 1.82) is 0 Å². The lowest BCUT2D eigenvalue weighted by molar-refractivity contribution is -0.116. The van der Waals surface area contributed by atoms with Gasteiger partial charge in [0, 0.05) is 19.8 Å². The standard InChI is InChI=1S/C11H21NO2/c1-3-5-9-14-10-7-6-8-12-11(13)4-2/h4H,2-3,5-10H2,1H3,(H,12,13). The lowest BCUT2D eigenvalue weighted by Gasteiger charge is -2.03. The van der Waals surface area contributed by atoms with Crippen molar-refractivity contribution < 1.29 is 9.53 Å². The van der Waals surface area contributed by atoms with Crippen LogP contribution in [0.2, 0.25) is 0 Å². The van der Waals surface area contributed by atoms with Gasteiger partial charge in [-0.3, -0.25) is 4.79 Å². The van der Waals surface area contributed by atoms with Crippen molar-refractivity contribution in [3.63, 3.8) is 0 Å². The van der Waals surface area contributed by atoms with E-state index in [-0.39, 0.29) is 5.91 Å². The van der Waals surface area contributed by atoms with Crippen molar-refractivity contribution in [3.8, 4) is 0 Å². The van der Waals surface area contributed by atoms with E-state index in [9.17, 15) is 4.79 Å². The maximum atomic E-state index is 10.7. The Morgan fingerprint density at radius 3 is 2.71 bits per heavy atom. The molecule has 0 fully saturated rings. The molecular weight excluding hydrogens is 178 g/mol. The van der Waals surface area contributed by atoms with Crippen molar-refractivity contribution >= 4 is 5.91 Å². The van der Waals surface area contributed by atoms with Gasteiger partial charge < -0.3 is 10.1 Å². The van der Waals surface area contributed by atoms with Crippen LogP contribution in [0.5, 0.6) is 0 Å². The van der Waals surface area contributed by atoms with Gasteiger partial charge in [0.25, 0.3) is 0 Å². The average Bonchev–Trinajstić information content (AvgIpc) is 2.21. The Labute approximate surface area is 86.5 Å². The number of unbranched alkanes of at least 4 members (excludes halogenated alkanes) is 2. The predicted molar refractivity (Wildman–Crippen MR) is 58.2 cm³/mol. The van der Waals surface area contributed by atoms with E-state index in [0.717, 1.165) is 32.5 Å². The molecule has 0 saturated carbocycles. The van der Waals surface area contributed by atoms with Gasteiger partial charge in [-0.25, -0.2) is 0 Å². The van der Waals surface area contributed by atoms with Crippen molar-refractivity contribution in [2.75, 3.05) is 19.8 Å². The lowest BCUT2D eigenvalue weighted by atomic mass is 10.3. The van der Waals surface area contributed by atoms with Crippen LogP contribution in [-0.4, -0.2) is 25.7 Å². The third kappa shape index (κ3) is 9.26. The molecule has 0 radical (unpaired) electrons. The summed E-state index contributed by atoms with van der Waals surface area (Å²) in [5.74, 6) is -0.100. The van der Waals surface area contributed by atoms with E-state index in [0.29, 0.717) is 6.54 Å². The number of carbonyl (C=O) groups is 1. The summed E-state index contributed by atoms with van der Waals surface area (Å²) in [5, 5.41) is 2.72. The minimum absolute atomic E-state index is 0.100. The molecule has 14 heavy (non-hydrogen) atoms. The summed E-state index contributed by atoms with van der Waals surface area (Å²) in [6.07, 6.45) is 5.56. The number of rotatable bonds is 9. The first-order chi connectivity index (χ1) is 6.81. The molecule has 1 amide bonds. The number of amides is 1. The van der Waals surface area contributed by atoms with Crippen LogP contribution in [0.15, 0.2) is 12.7 Å². The van der Waals surface area contributed by atoms with Crippen LogP contribution in [0.4, 0.5) is 0 Å². The molecule has 0 rings (SSSR count). The van der Waals surface area contributed by atoms with Gasteiger partial charge in [0.05, 0.1) is 0 Å². The third-order valence-electron chi connectivity index (χ3n) is 1.84. The maximum absolute atomic E-state index is 10.7. The molecule has 0 aliphatic carbocycles. The fraction of sp³-hybridized carbons (Fsp3) is 0.727. The first-order valence-corrected chi connectivity index (χ1v) is 5.29. The quantitative estimate of drug-likeness (QED) is 0.455. The molecule has 0 aliphatic heterocycles. The van der Waals surface area contributed by atoms with Crippen LogP contribution < -0.4 is 5.32 Å². The van der Waals surface area contributed by atoms with Crippen LogP contribution in [0.25, 0.3) is 0 Å². The summed E-state index contributed by atoms with van der Waals surface area (Å²) in [6.45, 7) is 7.88. The minimum atomic E-state index is -0.100. The summed E-state index contributed by atoms with van der Waals surface area (Å²) in [6, 6.07) is 0. The van der Waals surface area contributed by atoms with E-state index in [1.165, 1.54) is 12.5 Å². The summed E-state index contributed by atoms with van der Waals surface area (Å²) < 4.78 is 5.37. The largest absolute Gasteiger partial charge is 0.381 e. The average molecular weight is 199 g/mol. The fourth-order valence-corrected chi connectivity index (χ4v) is 0.961. The molecule has 0 atom stereocenters. The van der Waals surface area contributed by atoms with E-state index in [1.807, 2.05) is 0 Å². The summed E-state index contributed by atoms with van der Waals surface area (Å²) >= 11 is 0. The van der Waals surface area contributed by atoms with E-state index in [4.69, 9.17) is 4.74 Å². The Balaban J connectivity index is 2.99. The number of ether oxygens (including phenoxy) is 1. The van der Waals surface area contributed by atoms with Crippen molar-refractivity contribution in [2.45, 2.75) is 32.6 Å². The molecule has 0 bridgehead atoms. The SMILES string of the molecule is C=CC(=O)NCCCCOCCCC. The molecule has 3 nitrogen and oxygen atoms in total. The third-order valence-corrected chi connectivity index (χ3v) is 1.84. The Morgan fingerprint density at radius 2 is 2.07 bits per heavy atom. The molecule has 0 aliphatic rings. The lowest BCUT2D eigenvalue weighted by Crippen LogP contribution is -2.22. The Bertz CT molecular complexity index is 157. The van der Waals surface area contributed by atoms with E-state index < -0.39 is 0 Å². The molecule has 0 aromatic heterocycles. The molecule has 0 aromatic rings. The second kappa shape index (κ2) is 10.3. The van der Waals surface area contributed by atoms with Crippen LogP contribution in [0.1, 0.15) is 32.6 Å². The molecular formula is C11H21NO2. The van der Waals surface area contributed by atoms with Gasteiger partial charge in [0.15, 0.2) is 0 Å². The predicted octanol–water partition coefficient (Wildman–Crippen LogP) is 1.89. The molecule has 3 heteroatoms. The smallest absolute Gasteiger partial charge is 0.243 e. The van der Waals surface area contributed by atoms with E-state index in [2.05, 4.69) is 18.8 Å². The second-order valence-electron chi connectivity index (χ2n) is 3.17. The monoisotopic (exact) mass is 199 g/mol. The Hall–Kier alpha value is -0.830. The van der Waals surface area contributed by atoms with Gasteiger partial charge in [-0.15, -0.1) is 0 Å². The number of carbonyl (C=O) groups excluding carboxylic acids is 1. The molecule has 0 saturated heterocycles. The highest BCUT2D eigenvalue weighted by Crippen LogP contribution is 1.92. The first-order valence-electron chi connectivity index (χ1n) is 5.29. The summed E-state index contributed by atoms with van der Waals surface area (Å²) in [5.41, 5.74) is 0. The topological polar surface area (TPSA) is 38.3 Å². The summed E-state index contributed by atoms with van der Waals surface area (Å²) in [4.78, 5) is 10.7. The van der Waals surface area contributed by atoms with Crippen LogP contribution in [-0.2, 0) is 9.53 Å². The first kappa shape index (κ1) is 13.2. The zero-order valence-electron chi connectivity index (χ0n) is 9.05. The number of hydrogen-bond acceptors (Lipinski definition) is 2. The van der Waals surface area contributed by atoms with E-state index in [1.54, 1.807) is 0 Å². The molecule has 1 N–H and O–H groups in total. The normalized spacial score (nSPS) is 9.79. The van der Waals surface area contributed by atoms with Crippen molar-refractivity contribution in [1.82, 2.24) is 5.32 Å². The van der Waals surface area contributed by atoms with Crippen molar-refractivity contribution in [2.24, 2.45) is 0 Å². The van der Waals surface area contributed by atoms with Gasteiger partial charge in [0.1, 0.15) is 0 Å². The van der Waals surface area contributed by atoms with Crippen LogP contribution in [0.3, 0.4) is 0 Å². The van der Waals surface area contributed by atoms with Crippen LogP contribution >= 0.6 is 0 Å². The molecule has 0 aromatic carbocycles. The van der Waals surface area contributed by atoms with Crippen molar-refractivity contribution in [3.05, 3.63) is 12.7 Å². The van der Waals surface area contributed by atoms with Gasteiger partial charge in [-0.2, -0.15) is 0 Å². The summed E-state index contributed by atoms with van der Waals surface area (Å²) in [7, 11) is 0. The second-order valence-corrected chi connectivity index (χ2v) is 3.17. The zero-order chi connectivity index (χ0) is 10.6. The number of hydrogen-bond donors (Lipinski definition) is 1. The van der Waals surface area contributed by atoms with Gasteiger partial charge in [-0.1, -0.05) is 19.9 Å². The van der Waals surface area contributed by atoms with Gasteiger partial charge in [-0.05, 0) is 25.3 Å². The molecule has 0 spiro atoms. The molecule has 0 unspecified atom stereocenters. The van der Waals surface area contributed by atoms with Gasteiger partial charge in [0.2, 0.25) is 5.91 Å². The van der Waals surface area contributed by atoms with Gasteiger partial charge >= 0.3 is 0 Å². The Kier molecular flexibility index (Phi) is 9.64. The van der Waals surface area contributed by atoms with Crippen LogP contribution in [0, 0.1) is 0 Å². The Morgan fingerprint density at radius 1 is 1.36 bits per heavy atom. The highest BCUT2D eigenvalue weighted by atomic mass is 16.5. The number of nitrogens with one attached hydrogen (secondary N) is 1. The highest BCUT2D eigenvalue weighted by Gasteiger charge is 1.93.